The molecule has 0 bridgehead atoms. The minimum atomic E-state index is -0.103. The van der Waals surface area contributed by atoms with Gasteiger partial charge < -0.3 is 0 Å². The molecule has 0 aromatic heterocycles. The lowest BCUT2D eigenvalue weighted by Gasteiger charge is -2.28. The molecule has 1 aliphatic carbocycles. The second-order valence-corrected chi connectivity index (χ2v) is 6.74. The Morgan fingerprint density at radius 3 is 2.50 bits per heavy atom. The molecule has 0 spiro atoms. The highest BCUT2D eigenvalue weighted by molar-refractivity contribution is 14.1. The van der Waals surface area contributed by atoms with Crippen LogP contribution in [0.3, 0.4) is 0 Å². The molecule has 2 rings (SSSR count). The van der Waals surface area contributed by atoms with Gasteiger partial charge in [-0.05, 0) is 5.56 Å². The highest BCUT2D eigenvalue weighted by Crippen LogP contribution is 2.43. The summed E-state index contributed by atoms with van der Waals surface area (Å²) in [6, 6.07) is 10.5. The molecule has 0 aliphatic heterocycles. The van der Waals surface area contributed by atoms with Crippen LogP contribution in [-0.4, -0.2) is 2.75 Å². The predicted molar refractivity (Wildman–Crippen MR) is 73.2 cm³/mol. The molecule has 1 aromatic carbocycles. The molecule has 0 saturated heterocycles. The van der Waals surface area contributed by atoms with E-state index < -0.39 is 0 Å². The Bertz CT molecular complexity index is 365. The summed E-state index contributed by atoms with van der Waals surface area (Å²) in [4.78, 5) is 0. The average molecular weight is 314 g/mol. The van der Waals surface area contributed by atoms with Gasteiger partial charge in [0.05, 0.1) is 2.75 Å². The molecule has 0 amide bonds. The molecule has 0 heterocycles. The van der Waals surface area contributed by atoms with Crippen molar-refractivity contribution in [2.45, 2.75) is 8.67 Å². The van der Waals surface area contributed by atoms with E-state index in [0.717, 1.165) is 0 Å². The normalized spacial score (nSPS) is 30.6. The largest absolute Gasteiger partial charge is 0.157 e. The molecule has 0 nitrogen and oxygen atoms in total. The molecule has 2 unspecified atom stereocenters. The summed E-state index contributed by atoms with van der Waals surface area (Å²) in [6.07, 6.45) is 8.48. The Kier molecular flexibility index (Phi) is 3.02. The van der Waals surface area contributed by atoms with E-state index in [4.69, 9.17) is 0 Å². The van der Waals surface area contributed by atoms with E-state index in [1.54, 1.807) is 0 Å². The Labute approximate surface area is 104 Å². The maximum absolute atomic E-state index is 4.67. The van der Waals surface area contributed by atoms with E-state index in [1.807, 2.05) is 6.07 Å². The molecular weight excluding hydrogens is 303 g/mol. The van der Waals surface area contributed by atoms with Crippen LogP contribution < -0.4 is 0 Å². The van der Waals surface area contributed by atoms with Crippen molar-refractivity contribution < 1.29 is 0 Å². The second-order valence-electron chi connectivity index (χ2n) is 3.36. The lowest BCUT2D eigenvalue weighted by Crippen LogP contribution is -2.20. The molecule has 0 radical (unpaired) electrons. The zero-order valence-corrected chi connectivity index (χ0v) is 10.7. The van der Waals surface area contributed by atoms with Crippen LogP contribution in [0.4, 0.5) is 0 Å². The number of rotatable bonds is 1. The van der Waals surface area contributed by atoms with E-state index in [-0.39, 0.29) is 2.75 Å². The number of hydrogen-bond donors (Lipinski definition) is 1. The van der Waals surface area contributed by atoms with Gasteiger partial charge in [0.25, 0.3) is 0 Å². The topological polar surface area (TPSA) is 0 Å². The van der Waals surface area contributed by atoms with Gasteiger partial charge in [-0.3, -0.25) is 0 Å². The van der Waals surface area contributed by atoms with Gasteiger partial charge in [-0.2, -0.15) is 12.6 Å². The highest BCUT2D eigenvalue weighted by Gasteiger charge is 2.30. The SMILES string of the molecule is SC1(I)C=CC=CC1c1ccccc1. The van der Waals surface area contributed by atoms with Crippen molar-refractivity contribution in [1.29, 1.82) is 0 Å². The number of thiol groups is 1. The molecule has 1 aromatic rings. The first-order chi connectivity index (χ1) is 6.70. The van der Waals surface area contributed by atoms with Crippen molar-refractivity contribution >= 4 is 35.2 Å². The summed E-state index contributed by atoms with van der Waals surface area (Å²) in [7, 11) is 0. The molecule has 1 aliphatic rings. The molecule has 0 N–H and O–H groups in total. The number of alkyl halides is 1. The summed E-state index contributed by atoms with van der Waals surface area (Å²) in [5, 5.41) is 0. The highest BCUT2D eigenvalue weighted by atomic mass is 127. The fourth-order valence-corrected chi connectivity index (χ4v) is 2.71. The van der Waals surface area contributed by atoms with Crippen LogP contribution in [0.1, 0.15) is 11.5 Å². The van der Waals surface area contributed by atoms with Crippen molar-refractivity contribution in [3.05, 3.63) is 60.2 Å². The molecule has 72 valence electrons. The van der Waals surface area contributed by atoms with Gasteiger partial charge in [-0.25, -0.2) is 0 Å². The number of halogens is 1. The predicted octanol–water partition coefficient (Wildman–Crippen LogP) is 3.96. The zero-order chi connectivity index (χ0) is 10.0. The zero-order valence-electron chi connectivity index (χ0n) is 7.60. The van der Waals surface area contributed by atoms with Gasteiger partial charge in [-0.1, -0.05) is 77.2 Å². The van der Waals surface area contributed by atoms with Gasteiger partial charge in [0.2, 0.25) is 0 Å². The van der Waals surface area contributed by atoms with Crippen molar-refractivity contribution in [3.63, 3.8) is 0 Å². The first-order valence-electron chi connectivity index (χ1n) is 4.52. The number of benzene rings is 1. The van der Waals surface area contributed by atoms with Crippen molar-refractivity contribution in [2.24, 2.45) is 0 Å². The first-order valence-corrected chi connectivity index (χ1v) is 6.05. The maximum atomic E-state index is 4.67. The van der Waals surface area contributed by atoms with Crippen molar-refractivity contribution in [1.82, 2.24) is 0 Å². The van der Waals surface area contributed by atoms with E-state index in [2.05, 4.69) is 83.8 Å². The molecule has 14 heavy (non-hydrogen) atoms. The van der Waals surface area contributed by atoms with Crippen LogP contribution in [0.15, 0.2) is 54.6 Å². The fourth-order valence-electron chi connectivity index (χ4n) is 1.61. The molecule has 2 atom stereocenters. The van der Waals surface area contributed by atoms with Gasteiger partial charge in [0.15, 0.2) is 0 Å². The molecule has 2 heteroatoms. The van der Waals surface area contributed by atoms with Crippen LogP contribution >= 0.6 is 35.2 Å². The van der Waals surface area contributed by atoms with Gasteiger partial charge in [-0.15, -0.1) is 0 Å². The Hall–Kier alpha value is -0.220. The fraction of sp³-hybridized carbons (Fsp3) is 0.167. The summed E-state index contributed by atoms with van der Waals surface area (Å²) in [5.41, 5.74) is 1.32. The third kappa shape index (κ3) is 2.06. The smallest absolute Gasteiger partial charge is 0.0929 e. The minimum absolute atomic E-state index is 0.103. The Morgan fingerprint density at radius 2 is 1.86 bits per heavy atom. The van der Waals surface area contributed by atoms with Gasteiger partial charge >= 0.3 is 0 Å². The maximum Gasteiger partial charge on any atom is 0.0929 e. The van der Waals surface area contributed by atoms with Crippen LogP contribution in [-0.2, 0) is 0 Å². The van der Waals surface area contributed by atoms with Crippen LogP contribution in [0, 0.1) is 0 Å². The van der Waals surface area contributed by atoms with E-state index in [1.165, 1.54) is 5.56 Å². The molecular formula is C12H11IS. The molecule has 0 saturated carbocycles. The lowest BCUT2D eigenvalue weighted by atomic mass is 9.92. The number of hydrogen-bond acceptors (Lipinski definition) is 1. The van der Waals surface area contributed by atoms with Crippen LogP contribution in [0.2, 0.25) is 0 Å². The van der Waals surface area contributed by atoms with Gasteiger partial charge in [0, 0.05) is 5.92 Å². The average Bonchev–Trinajstić information content (AvgIpc) is 2.18. The Balaban J connectivity index is 2.36. The third-order valence-electron chi connectivity index (χ3n) is 2.34. The first kappa shape index (κ1) is 10.3. The van der Waals surface area contributed by atoms with E-state index >= 15 is 0 Å². The van der Waals surface area contributed by atoms with E-state index in [0.29, 0.717) is 5.92 Å². The van der Waals surface area contributed by atoms with Crippen LogP contribution in [0.25, 0.3) is 0 Å². The van der Waals surface area contributed by atoms with Gasteiger partial charge in [0.1, 0.15) is 0 Å². The second kappa shape index (κ2) is 4.11. The van der Waals surface area contributed by atoms with Crippen molar-refractivity contribution in [3.8, 4) is 0 Å². The third-order valence-corrected chi connectivity index (χ3v) is 3.80. The molecule has 0 fully saturated rings. The quantitative estimate of drug-likeness (QED) is 0.453. The number of allylic oxidation sites excluding steroid dienone is 3. The lowest BCUT2D eigenvalue weighted by molar-refractivity contribution is 0.855. The van der Waals surface area contributed by atoms with E-state index in [9.17, 15) is 0 Å². The van der Waals surface area contributed by atoms with Crippen molar-refractivity contribution in [2.75, 3.05) is 0 Å². The van der Waals surface area contributed by atoms with Crippen LogP contribution in [0.5, 0.6) is 0 Å². The minimum Gasteiger partial charge on any atom is -0.157 e. The summed E-state index contributed by atoms with van der Waals surface area (Å²) < 4.78 is -0.103. The summed E-state index contributed by atoms with van der Waals surface area (Å²) in [6.45, 7) is 0. The summed E-state index contributed by atoms with van der Waals surface area (Å²) in [5.74, 6) is 0.359. The summed E-state index contributed by atoms with van der Waals surface area (Å²) >= 11 is 7.06. The Morgan fingerprint density at radius 1 is 1.14 bits per heavy atom. The monoisotopic (exact) mass is 314 g/mol. The standard InChI is InChI=1S/C12H11IS/c13-12(14)9-5-4-8-11(12)10-6-2-1-3-7-10/h1-9,11,14H.